The molecule has 0 unspecified atom stereocenters. The van der Waals surface area contributed by atoms with Gasteiger partial charge in [0.1, 0.15) is 0 Å². The number of ether oxygens (including phenoxy) is 4. The molecule has 2 aromatic carbocycles. The maximum absolute atomic E-state index is 11.2. The first kappa shape index (κ1) is 25.7. The molecule has 1 aromatic heterocycles. The van der Waals surface area contributed by atoms with Crippen molar-refractivity contribution in [3.05, 3.63) is 69.3 Å². The van der Waals surface area contributed by atoms with Crippen molar-refractivity contribution in [3.63, 3.8) is 0 Å². The molecule has 0 saturated heterocycles. The zero-order valence-electron chi connectivity index (χ0n) is 18.9. The molecular weight excluding hydrogens is 483 g/mol. The van der Waals surface area contributed by atoms with E-state index in [1.165, 1.54) is 7.11 Å². The molecule has 0 radical (unpaired) electrons. The Kier molecular flexibility index (Phi) is 9.44. The monoisotopic (exact) mass is 508 g/mol. The molecule has 1 heterocycles. The fourth-order valence-electron chi connectivity index (χ4n) is 3.38. The number of aromatic nitrogens is 2. The van der Waals surface area contributed by atoms with E-state index in [-0.39, 0.29) is 13.2 Å². The van der Waals surface area contributed by atoms with Crippen molar-refractivity contribution < 1.29 is 28.8 Å². The number of carboxylic acid groups (broad SMARTS) is 1. The number of para-hydroxylation sites is 1. The van der Waals surface area contributed by atoms with Crippen LogP contribution in [0.5, 0.6) is 17.4 Å². The maximum Gasteiger partial charge on any atom is 0.307 e. The maximum atomic E-state index is 11.2. The van der Waals surface area contributed by atoms with Gasteiger partial charge in [-0.15, -0.1) is 5.10 Å². The Morgan fingerprint density at radius 3 is 2.62 bits per heavy atom. The number of methoxy groups -OCH3 is 2. The number of hydrogen-bond donors (Lipinski definition) is 1. The second-order valence-electron chi connectivity index (χ2n) is 7.39. The number of benzene rings is 2. The minimum absolute atomic E-state index is 0.0847. The molecule has 0 atom stereocenters. The molecule has 0 fully saturated rings. The third-order valence-corrected chi connectivity index (χ3v) is 5.53. The molecule has 0 amide bonds. The Labute approximate surface area is 207 Å². The Morgan fingerprint density at radius 1 is 1.09 bits per heavy atom. The normalized spacial score (nSPS) is 10.8. The van der Waals surface area contributed by atoms with Gasteiger partial charge >= 0.3 is 5.97 Å². The third kappa shape index (κ3) is 7.03. The number of hydrogen-bond acceptors (Lipinski definition) is 6. The molecule has 8 nitrogen and oxygen atoms in total. The van der Waals surface area contributed by atoms with Crippen LogP contribution in [0, 0.1) is 0 Å². The first-order valence-electron chi connectivity index (χ1n) is 10.5. The predicted molar refractivity (Wildman–Crippen MR) is 128 cm³/mol. The second kappa shape index (κ2) is 12.5. The number of carbonyl (C=O) groups is 1. The highest BCUT2D eigenvalue weighted by Gasteiger charge is 2.15. The van der Waals surface area contributed by atoms with Gasteiger partial charge in [0.25, 0.3) is 0 Å². The molecule has 0 aliphatic heterocycles. The summed E-state index contributed by atoms with van der Waals surface area (Å²) in [4.78, 5) is 11.2. The van der Waals surface area contributed by atoms with E-state index in [0.717, 1.165) is 11.3 Å². The van der Waals surface area contributed by atoms with Crippen LogP contribution in [0.3, 0.4) is 0 Å². The van der Waals surface area contributed by atoms with Crippen molar-refractivity contribution in [2.45, 2.75) is 25.8 Å². The summed E-state index contributed by atoms with van der Waals surface area (Å²) in [6, 6.07) is 12.4. The van der Waals surface area contributed by atoms with Crippen LogP contribution in [0.25, 0.3) is 0 Å². The minimum Gasteiger partial charge on any atom is -0.493 e. The van der Waals surface area contributed by atoms with Crippen LogP contribution >= 0.6 is 23.2 Å². The van der Waals surface area contributed by atoms with E-state index in [1.54, 1.807) is 37.4 Å². The smallest absolute Gasteiger partial charge is 0.307 e. The largest absolute Gasteiger partial charge is 0.493 e. The van der Waals surface area contributed by atoms with Gasteiger partial charge < -0.3 is 24.1 Å². The van der Waals surface area contributed by atoms with Crippen molar-refractivity contribution in [1.82, 2.24) is 9.78 Å². The molecule has 0 spiro atoms. The van der Waals surface area contributed by atoms with Crippen LogP contribution in [-0.2, 0) is 28.9 Å². The Morgan fingerprint density at radius 2 is 1.91 bits per heavy atom. The van der Waals surface area contributed by atoms with Crippen molar-refractivity contribution in [2.24, 2.45) is 0 Å². The summed E-state index contributed by atoms with van der Waals surface area (Å²) in [5, 5.41) is 14.8. The molecule has 3 rings (SSSR count). The summed E-state index contributed by atoms with van der Waals surface area (Å²) in [5.74, 6) is 0.442. The van der Waals surface area contributed by atoms with Crippen LogP contribution in [0.4, 0.5) is 0 Å². The predicted octanol–water partition coefficient (Wildman–Crippen LogP) is 4.87. The summed E-state index contributed by atoms with van der Waals surface area (Å²) < 4.78 is 23.6. The quantitative estimate of drug-likeness (QED) is 0.260. The molecule has 10 heteroatoms. The molecule has 0 aliphatic rings. The molecule has 182 valence electrons. The standard InChI is InChI=1S/C24H26Cl2N2O6/c1-31-15-34-22-13-19(28(27-22)14-17-8-9-18(25)12-20(17)26)6-4-10-33-24-16(11-23(29)30)5-3-7-21(24)32-2/h3,5,7-9,12-13H,4,6,10-11,14-15H2,1-2H3,(H,29,30). The van der Waals surface area contributed by atoms with Gasteiger partial charge in [-0.3, -0.25) is 9.48 Å². The number of nitrogens with zero attached hydrogens (tertiary/aromatic N) is 2. The molecule has 0 bridgehead atoms. The fourth-order valence-corrected chi connectivity index (χ4v) is 3.85. The zero-order chi connectivity index (χ0) is 24.5. The van der Waals surface area contributed by atoms with Gasteiger partial charge in [0, 0.05) is 34.5 Å². The second-order valence-corrected chi connectivity index (χ2v) is 8.23. The lowest BCUT2D eigenvalue weighted by Crippen LogP contribution is -2.10. The van der Waals surface area contributed by atoms with Crippen LogP contribution in [0.2, 0.25) is 10.0 Å². The van der Waals surface area contributed by atoms with Gasteiger partial charge in [-0.1, -0.05) is 41.4 Å². The number of rotatable bonds is 13. The lowest BCUT2D eigenvalue weighted by molar-refractivity contribution is -0.136. The summed E-state index contributed by atoms with van der Waals surface area (Å²) in [6.45, 7) is 0.882. The average molecular weight is 509 g/mol. The first-order chi connectivity index (χ1) is 16.4. The highest BCUT2D eigenvalue weighted by molar-refractivity contribution is 6.35. The summed E-state index contributed by atoms with van der Waals surface area (Å²) >= 11 is 12.4. The zero-order valence-corrected chi connectivity index (χ0v) is 20.4. The topological polar surface area (TPSA) is 92.0 Å². The molecule has 0 saturated carbocycles. The van der Waals surface area contributed by atoms with Crippen LogP contribution in [0.1, 0.15) is 23.2 Å². The van der Waals surface area contributed by atoms with Crippen molar-refractivity contribution >= 4 is 29.2 Å². The number of aryl methyl sites for hydroxylation is 1. The lowest BCUT2D eigenvalue weighted by atomic mass is 10.1. The highest BCUT2D eigenvalue weighted by Crippen LogP contribution is 2.32. The van der Waals surface area contributed by atoms with Crippen molar-refractivity contribution in [3.8, 4) is 17.4 Å². The van der Waals surface area contributed by atoms with Crippen LogP contribution in [-0.4, -0.2) is 48.5 Å². The minimum atomic E-state index is -0.938. The number of carboxylic acids is 1. The van der Waals surface area contributed by atoms with Crippen LogP contribution in [0.15, 0.2) is 42.5 Å². The van der Waals surface area contributed by atoms with E-state index in [0.29, 0.717) is 59.0 Å². The SMILES string of the molecule is COCOc1cc(CCCOc2c(CC(=O)O)cccc2OC)n(Cc2ccc(Cl)cc2Cl)n1. The average Bonchev–Trinajstić information content (AvgIpc) is 3.18. The van der Waals surface area contributed by atoms with E-state index >= 15 is 0 Å². The van der Waals surface area contributed by atoms with Crippen molar-refractivity contribution in [1.29, 1.82) is 0 Å². The van der Waals surface area contributed by atoms with Crippen LogP contribution < -0.4 is 14.2 Å². The summed E-state index contributed by atoms with van der Waals surface area (Å²) in [6.07, 6.45) is 1.13. The summed E-state index contributed by atoms with van der Waals surface area (Å²) in [7, 11) is 3.06. The Balaban J connectivity index is 1.70. The highest BCUT2D eigenvalue weighted by atomic mass is 35.5. The van der Waals surface area contributed by atoms with Crippen molar-refractivity contribution in [2.75, 3.05) is 27.6 Å². The molecule has 34 heavy (non-hydrogen) atoms. The molecule has 1 N–H and O–H groups in total. The third-order valence-electron chi connectivity index (χ3n) is 4.95. The lowest BCUT2D eigenvalue weighted by Gasteiger charge is -2.14. The van der Waals surface area contributed by atoms with Gasteiger partial charge in [-0.25, -0.2) is 0 Å². The molecular formula is C24H26Cl2N2O6. The van der Waals surface area contributed by atoms with E-state index in [2.05, 4.69) is 5.10 Å². The van der Waals surface area contributed by atoms with Gasteiger partial charge in [0.2, 0.25) is 5.88 Å². The van der Waals surface area contributed by atoms with Gasteiger partial charge in [0.05, 0.1) is 26.7 Å². The van der Waals surface area contributed by atoms with E-state index in [1.807, 2.05) is 16.8 Å². The first-order valence-corrected chi connectivity index (χ1v) is 11.3. The van der Waals surface area contributed by atoms with E-state index < -0.39 is 5.97 Å². The summed E-state index contributed by atoms with van der Waals surface area (Å²) in [5.41, 5.74) is 2.35. The van der Waals surface area contributed by atoms with Gasteiger partial charge in [-0.2, -0.15) is 0 Å². The van der Waals surface area contributed by atoms with Gasteiger partial charge in [0.15, 0.2) is 18.3 Å². The number of aliphatic carboxylic acids is 1. The number of halogens is 2. The molecule has 3 aromatic rings. The Hall–Kier alpha value is -2.94. The van der Waals surface area contributed by atoms with E-state index in [9.17, 15) is 9.90 Å². The fraction of sp³-hybridized carbons (Fsp3) is 0.333. The Bertz CT molecular complexity index is 1120. The molecule has 0 aliphatic carbocycles. The van der Waals surface area contributed by atoms with E-state index in [4.69, 9.17) is 42.1 Å². The van der Waals surface area contributed by atoms with Gasteiger partial charge in [-0.05, 0) is 36.6 Å².